The van der Waals surface area contributed by atoms with Crippen LogP contribution in [0.5, 0.6) is 0 Å². The average Bonchev–Trinajstić information content (AvgIpc) is 2.77. The predicted octanol–water partition coefficient (Wildman–Crippen LogP) is 4.93. The number of halogens is 1. The molecular weight excluding hydrogens is 391 g/mol. The highest BCUT2D eigenvalue weighted by Gasteiger charge is 2.30. The molecule has 0 aromatic heterocycles. The van der Waals surface area contributed by atoms with Crippen molar-refractivity contribution < 1.29 is 14.0 Å². The van der Waals surface area contributed by atoms with Crippen molar-refractivity contribution in [1.82, 2.24) is 10.2 Å². The summed E-state index contributed by atoms with van der Waals surface area (Å²) in [5.74, 6) is -0.526. The van der Waals surface area contributed by atoms with Crippen LogP contribution in [-0.4, -0.2) is 28.8 Å². The number of aryl methyl sites for hydroxylation is 1. The summed E-state index contributed by atoms with van der Waals surface area (Å²) in [5, 5.41) is 3.19. The zero-order valence-corrected chi connectivity index (χ0v) is 18.6. The van der Waals surface area contributed by atoms with Gasteiger partial charge in [-0.1, -0.05) is 62.6 Å². The quantitative estimate of drug-likeness (QED) is 0.653. The van der Waals surface area contributed by atoms with Gasteiger partial charge in [-0.15, -0.1) is 0 Å². The summed E-state index contributed by atoms with van der Waals surface area (Å²) < 4.78 is 13.3. The number of carbonyl (C=O) groups excluding carboxylic acids is 2. The Hall–Kier alpha value is -2.69. The van der Waals surface area contributed by atoms with Gasteiger partial charge in [-0.05, 0) is 55.0 Å². The van der Waals surface area contributed by atoms with Gasteiger partial charge in [0, 0.05) is 12.6 Å². The number of hydrogen-bond acceptors (Lipinski definition) is 2. The Morgan fingerprint density at radius 3 is 2.39 bits per heavy atom. The standard InChI is InChI=1S/C26H33FN2O2/c1-3-24(26(31)28-23-11-5-4-6-12-23)29(18-21-10-8-7-9-19(21)2)25(30)17-20-13-15-22(27)16-14-20/h7-10,13-16,23-24H,3-6,11-12,17-18H2,1-2H3,(H,28,31). The number of benzene rings is 2. The number of carbonyl (C=O) groups is 2. The molecule has 0 bridgehead atoms. The first kappa shape index (κ1) is 23.0. The van der Waals surface area contributed by atoms with Crippen molar-refractivity contribution >= 4 is 11.8 Å². The molecule has 0 heterocycles. The summed E-state index contributed by atoms with van der Waals surface area (Å²) in [6.45, 7) is 4.34. The highest BCUT2D eigenvalue weighted by atomic mass is 19.1. The number of nitrogens with one attached hydrogen (secondary N) is 1. The van der Waals surface area contributed by atoms with Crippen molar-refractivity contribution in [3.63, 3.8) is 0 Å². The van der Waals surface area contributed by atoms with Gasteiger partial charge in [0.1, 0.15) is 11.9 Å². The molecule has 0 radical (unpaired) electrons. The maximum Gasteiger partial charge on any atom is 0.243 e. The molecule has 1 atom stereocenters. The van der Waals surface area contributed by atoms with E-state index in [0.29, 0.717) is 13.0 Å². The lowest BCUT2D eigenvalue weighted by atomic mass is 9.95. The minimum absolute atomic E-state index is 0.0737. The first-order chi connectivity index (χ1) is 15.0. The lowest BCUT2D eigenvalue weighted by molar-refractivity contribution is -0.141. The van der Waals surface area contributed by atoms with Crippen LogP contribution < -0.4 is 5.32 Å². The van der Waals surface area contributed by atoms with E-state index in [4.69, 9.17) is 0 Å². The van der Waals surface area contributed by atoms with Crippen molar-refractivity contribution in [3.8, 4) is 0 Å². The zero-order chi connectivity index (χ0) is 22.2. The van der Waals surface area contributed by atoms with Crippen LogP contribution in [0.2, 0.25) is 0 Å². The normalized spacial score (nSPS) is 15.3. The van der Waals surface area contributed by atoms with E-state index in [-0.39, 0.29) is 30.1 Å². The van der Waals surface area contributed by atoms with E-state index in [1.807, 2.05) is 38.1 Å². The highest BCUT2D eigenvalue weighted by Crippen LogP contribution is 2.20. The Bertz CT molecular complexity index is 875. The Kier molecular flexibility index (Phi) is 8.21. The van der Waals surface area contributed by atoms with E-state index in [1.54, 1.807) is 17.0 Å². The summed E-state index contributed by atoms with van der Waals surface area (Å²) >= 11 is 0. The van der Waals surface area contributed by atoms with E-state index in [2.05, 4.69) is 5.32 Å². The molecule has 0 spiro atoms. The van der Waals surface area contributed by atoms with Crippen molar-refractivity contribution in [2.75, 3.05) is 0 Å². The smallest absolute Gasteiger partial charge is 0.243 e. The van der Waals surface area contributed by atoms with Crippen molar-refractivity contribution in [1.29, 1.82) is 0 Å². The zero-order valence-electron chi connectivity index (χ0n) is 18.6. The van der Waals surface area contributed by atoms with Gasteiger partial charge in [0.05, 0.1) is 6.42 Å². The van der Waals surface area contributed by atoms with Crippen molar-refractivity contribution in [2.24, 2.45) is 0 Å². The summed E-state index contributed by atoms with van der Waals surface area (Å²) in [6, 6.07) is 13.6. The monoisotopic (exact) mass is 424 g/mol. The second-order valence-electron chi connectivity index (χ2n) is 8.52. The van der Waals surface area contributed by atoms with Gasteiger partial charge in [-0.25, -0.2) is 4.39 Å². The van der Waals surface area contributed by atoms with E-state index in [1.165, 1.54) is 18.6 Å². The largest absolute Gasteiger partial charge is 0.352 e. The fraction of sp³-hybridized carbons (Fsp3) is 0.462. The number of nitrogens with zero attached hydrogens (tertiary/aromatic N) is 1. The third-order valence-corrected chi connectivity index (χ3v) is 6.21. The van der Waals surface area contributed by atoms with Crippen LogP contribution >= 0.6 is 0 Å². The fourth-order valence-electron chi connectivity index (χ4n) is 4.31. The average molecular weight is 425 g/mol. The highest BCUT2D eigenvalue weighted by molar-refractivity contribution is 5.88. The minimum atomic E-state index is -0.533. The Balaban J connectivity index is 1.81. The van der Waals surface area contributed by atoms with Gasteiger partial charge < -0.3 is 10.2 Å². The Morgan fingerprint density at radius 2 is 1.74 bits per heavy atom. The summed E-state index contributed by atoms with van der Waals surface area (Å²) in [5.41, 5.74) is 2.85. The molecule has 4 nitrogen and oxygen atoms in total. The topological polar surface area (TPSA) is 49.4 Å². The molecule has 2 aromatic carbocycles. The Labute approximate surface area is 184 Å². The molecule has 1 aliphatic rings. The molecule has 0 saturated heterocycles. The van der Waals surface area contributed by atoms with E-state index >= 15 is 0 Å². The molecule has 1 unspecified atom stereocenters. The van der Waals surface area contributed by atoms with Gasteiger partial charge in [0.25, 0.3) is 0 Å². The first-order valence-corrected chi connectivity index (χ1v) is 11.4. The molecule has 0 aliphatic heterocycles. The number of hydrogen-bond donors (Lipinski definition) is 1. The molecule has 3 rings (SSSR count). The molecule has 1 aliphatic carbocycles. The van der Waals surface area contributed by atoms with E-state index in [9.17, 15) is 14.0 Å². The van der Waals surface area contributed by atoms with Crippen LogP contribution in [0.15, 0.2) is 48.5 Å². The van der Waals surface area contributed by atoms with Gasteiger partial charge >= 0.3 is 0 Å². The van der Waals surface area contributed by atoms with Gasteiger partial charge in [0.15, 0.2) is 0 Å². The lowest BCUT2D eigenvalue weighted by Gasteiger charge is -2.33. The van der Waals surface area contributed by atoms with Gasteiger partial charge in [0.2, 0.25) is 11.8 Å². The third kappa shape index (κ3) is 6.39. The molecule has 166 valence electrons. The fourth-order valence-corrected chi connectivity index (χ4v) is 4.31. The predicted molar refractivity (Wildman–Crippen MR) is 121 cm³/mol. The summed E-state index contributed by atoms with van der Waals surface area (Å²) in [6.07, 6.45) is 6.18. The van der Waals surface area contributed by atoms with Crippen LogP contribution in [0.1, 0.15) is 62.1 Å². The minimum Gasteiger partial charge on any atom is -0.352 e. The third-order valence-electron chi connectivity index (χ3n) is 6.21. The number of amides is 2. The molecule has 5 heteroatoms. The van der Waals surface area contributed by atoms with Gasteiger partial charge in [-0.3, -0.25) is 9.59 Å². The van der Waals surface area contributed by atoms with Crippen LogP contribution in [-0.2, 0) is 22.6 Å². The molecule has 31 heavy (non-hydrogen) atoms. The molecule has 2 amide bonds. The molecule has 2 aromatic rings. The summed E-state index contributed by atoms with van der Waals surface area (Å²) in [7, 11) is 0. The maximum absolute atomic E-state index is 13.4. The van der Waals surface area contributed by atoms with Crippen LogP contribution in [0, 0.1) is 12.7 Å². The maximum atomic E-state index is 13.4. The molecule has 1 saturated carbocycles. The first-order valence-electron chi connectivity index (χ1n) is 11.4. The van der Waals surface area contributed by atoms with Gasteiger partial charge in [-0.2, -0.15) is 0 Å². The summed E-state index contributed by atoms with van der Waals surface area (Å²) in [4.78, 5) is 28.3. The van der Waals surface area contributed by atoms with E-state index in [0.717, 1.165) is 42.4 Å². The van der Waals surface area contributed by atoms with Crippen LogP contribution in [0.25, 0.3) is 0 Å². The van der Waals surface area contributed by atoms with E-state index < -0.39 is 6.04 Å². The second-order valence-corrected chi connectivity index (χ2v) is 8.52. The molecule has 1 fully saturated rings. The van der Waals surface area contributed by atoms with Crippen molar-refractivity contribution in [3.05, 3.63) is 71.0 Å². The Morgan fingerprint density at radius 1 is 1.06 bits per heavy atom. The molecule has 1 N–H and O–H groups in total. The number of rotatable bonds is 8. The van der Waals surface area contributed by atoms with Crippen LogP contribution in [0.3, 0.4) is 0 Å². The SMILES string of the molecule is CCC(C(=O)NC1CCCCC1)N(Cc1ccccc1C)C(=O)Cc1ccc(F)cc1. The van der Waals surface area contributed by atoms with Crippen molar-refractivity contribution in [2.45, 2.75) is 77.4 Å². The van der Waals surface area contributed by atoms with Crippen LogP contribution in [0.4, 0.5) is 4.39 Å². The lowest BCUT2D eigenvalue weighted by Crippen LogP contribution is -2.52. The second kappa shape index (κ2) is 11.1. The molecular formula is C26H33FN2O2.